The highest BCUT2D eigenvalue weighted by molar-refractivity contribution is 6.66. The minimum atomic E-state index is -2.00. The van der Waals surface area contributed by atoms with Crippen LogP contribution in [0, 0.1) is 0 Å². The Bertz CT molecular complexity index is 400. The Kier molecular flexibility index (Phi) is 7.58. The monoisotopic (exact) mass is 294 g/mol. The number of benzene rings is 1. The van der Waals surface area contributed by atoms with Crippen molar-refractivity contribution in [3.8, 4) is 5.75 Å². The van der Waals surface area contributed by atoms with E-state index in [2.05, 4.69) is 13.1 Å². The summed E-state index contributed by atoms with van der Waals surface area (Å²) in [6, 6.07) is 8.90. The minimum absolute atomic E-state index is 0.684. The van der Waals surface area contributed by atoms with Crippen LogP contribution in [0.5, 0.6) is 5.75 Å². The van der Waals surface area contributed by atoms with Gasteiger partial charge in [-0.1, -0.05) is 24.8 Å². The van der Waals surface area contributed by atoms with Crippen LogP contribution in [0.1, 0.15) is 25.8 Å². The highest BCUT2D eigenvalue weighted by Gasteiger charge is 2.29. The Morgan fingerprint density at radius 2 is 1.90 bits per heavy atom. The average molecular weight is 294 g/mol. The Morgan fingerprint density at radius 1 is 1.20 bits per heavy atom. The molecule has 112 valence electrons. The molecule has 1 aromatic carbocycles. The molecule has 0 radical (unpaired) electrons. The van der Waals surface area contributed by atoms with E-state index in [-0.39, 0.29) is 0 Å². The van der Waals surface area contributed by atoms with Crippen molar-refractivity contribution in [2.24, 2.45) is 0 Å². The van der Waals surface area contributed by atoms with Gasteiger partial charge in [0.25, 0.3) is 0 Å². The third-order valence-corrected chi connectivity index (χ3v) is 6.10. The van der Waals surface area contributed by atoms with Gasteiger partial charge in [0.1, 0.15) is 5.75 Å². The average Bonchev–Trinajstić information content (AvgIpc) is 2.44. The van der Waals surface area contributed by atoms with E-state index >= 15 is 0 Å². The summed E-state index contributed by atoms with van der Waals surface area (Å²) in [6.45, 7) is 12.0. The van der Waals surface area contributed by atoms with E-state index < -0.39 is 8.56 Å². The fourth-order valence-electron chi connectivity index (χ4n) is 2.11. The predicted octanol–water partition coefficient (Wildman–Crippen LogP) is 4.24. The fraction of sp³-hybridized carbons (Fsp3) is 0.500. The Hall–Kier alpha value is -1.10. The van der Waals surface area contributed by atoms with E-state index in [9.17, 15) is 0 Å². The Labute approximate surface area is 123 Å². The number of hydrogen-bond acceptors (Lipinski definition) is 3. The van der Waals surface area contributed by atoms with Gasteiger partial charge in [0, 0.05) is 13.2 Å². The summed E-state index contributed by atoms with van der Waals surface area (Å²) < 4.78 is 17.4. The molecule has 0 spiro atoms. The highest BCUT2D eigenvalue weighted by Crippen LogP contribution is 2.18. The van der Waals surface area contributed by atoms with E-state index in [1.165, 1.54) is 0 Å². The van der Waals surface area contributed by atoms with Crippen molar-refractivity contribution in [1.29, 1.82) is 0 Å². The lowest BCUT2D eigenvalue weighted by Gasteiger charge is -2.25. The molecule has 0 aliphatic heterocycles. The van der Waals surface area contributed by atoms with Gasteiger partial charge in [0.2, 0.25) is 0 Å². The summed E-state index contributed by atoms with van der Waals surface area (Å²) in [5.41, 5.74) is 1.07. The number of ether oxygens (including phenoxy) is 1. The van der Waals surface area contributed by atoms with E-state index in [4.69, 9.17) is 13.6 Å². The molecule has 1 aromatic rings. The minimum Gasteiger partial charge on any atom is -0.494 e. The molecule has 0 saturated heterocycles. The summed E-state index contributed by atoms with van der Waals surface area (Å²) in [7, 11) is -2.00. The van der Waals surface area contributed by atoms with Crippen molar-refractivity contribution in [3.63, 3.8) is 0 Å². The van der Waals surface area contributed by atoms with Crippen LogP contribution in [-0.4, -0.2) is 28.4 Å². The second-order valence-electron chi connectivity index (χ2n) is 4.73. The van der Waals surface area contributed by atoms with Gasteiger partial charge in [-0.3, -0.25) is 0 Å². The maximum atomic E-state index is 5.81. The first-order valence-corrected chi connectivity index (χ1v) is 9.79. The number of rotatable bonds is 10. The van der Waals surface area contributed by atoms with E-state index in [1.807, 2.05) is 44.2 Å². The maximum Gasteiger partial charge on any atom is 0.335 e. The molecule has 0 aromatic heterocycles. The van der Waals surface area contributed by atoms with E-state index in [0.717, 1.165) is 23.8 Å². The van der Waals surface area contributed by atoms with Crippen molar-refractivity contribution in [3.05, 3.63) is 36.4 Å². The Morgan fingerprint density at radius 3 is 2.50 bits per heavy atom. The molecular weight excluding hydrogens is 268 g/mol. The third kappa shape index (κ3) is 5.90. The summed E-state index contributed by atoms with van der Waals surface area (Å²) in [5, 5.41) is 0. The van der Waals surface area contributed by atoms with Crippen molar-refractivity contribution < 1.29 is 13.6 Å². The first-order chi connectivity index (χ1) is 9.63. The van der Waals surface area contributed by atoms with E-state index in [1.54, 1.807) is 0 Å². The van der Waals surface area contributed by atoms with Gasteiger partial charge in [-0.15, -0.1) is 0 Å². The van der Waals surface area contributed by atoms with Crippen LogP contribution in [-0.2, 0) is 8.85 Å². The maximum absolute atomic E-state index is 5.81. The highest BCUT2D eigenvalue weighted by atomic mass is 28.4. The molecule has 0 unspecified atom stereocenters. The summed E-state index contributed by atoms with van der Waals surface area (Å²) in [4.78, 5) is 0. The van der Waals surface area contributed by atoms with Gasteiger partial charge >= 0.3 is 8.56 Å². The zero-order chi connectivity index (χ0) is 14.8. The third-order valence-electron chi connectivity index (χ3n) is 3.04. The van der Waals surface area contributed by atoms with Crippen molar-refractivity contribution in [2.45, 2.75) is 32.9 Å². The molecule has 0 saturated carbocycles. The largest absolute Gasteiger partial charge is 0.494 e. The van der Waals surface area contributed by atoms with Crippen molar-refractivity contribution in [2.75, 3.05) is 19.8 Å². The van der Waals surface area contributed by atoms with Crippen LogP contribution >= 0.6 is 0 Å². The smallest absolute Gasteiger partial charge is 0.335 e. The second-order valence-corrected chi connectivity index (χ2v) is 8.07. The second kappa shape index (κ2) is 8.95. The van der Waals surface area contributed by atoms with Crippen LogP contribution < -0.4 is 4.74 Å². The van der Waals surface area contributed by atoms with Crippen LogP contribution in [0.25, 0.3) is 6.08 Å². The molecular formula is C16H26O3Si. The van der Waals surface area contributed by atoms with Gasteiger partial charge in [-0.25, -0.2) is 0 Å². The predicted molar refractivity (Wildman–Crippen MR) is 86.3 cm³/mol. The first kappa shape index (κ1) is 16.9. The van der Waals surface area contributed by atoms with Crippen molar-refractivity contribution in [1.82, 2.24) is 0 Å². The molecule has 0 bridgehead atoms. The summed E-state index contributed by atoms with van der Waals surface area (Å²) >= 11 is 0. The molecule has 0 aliphatic carbocycles. The molecule has 4 heteroatoms. The Balaban J connectivity index is 2.37. The molecule has 1 rings (SSSR count). The van der Waals surface area contributed by atoms with Crippen LogP contribution in [0.2, 0.25) is 12.6 Å². The molecule has 0 aliphatic rings. The van der Waals surface area contributed by atoms with Gasteiger partial charge in [-0.05, 0) is 50.6 Å². The zero-order valence-corrected chi connectivity index (χ0v) is 13.9. The molecule has 0 heterocycles. The summed E-state index contributed by atoms with van der Waals surface area (Å²) in [6.07, 6.45) is 2.77. The SMILES string of the molecule is C=Cc1cccc(OCCC[Si](C)(OCC)OCC)c1. The zero-order valence-electron chi connectivity index (χ0n) is 12.9. The van der Waals surface area contributed by atoms with Gasteiger partial charge < -0.3 is 13.6 Å². The van der Waals surface area contributed by atoms with Crippen LogP contribution in [0.15, 0.2) is 30.8 Å². The van der Waals surface area contributed by atoms with Gasteiger partial charge in [0.15, 0.2) is 0 Å². The van der Waals surface area contributed by atoms with Crippen molar-refractivity contribution >= 4 is 14.6 Å². The van der Waals surface area contributed by atoms with Crippen LogP contribution in [0.4, 0.5) is 0 Å². The lowest BCUT2D eigenvalue weighted by molar-refractivity contribution is 0.185. The molecule has 0 atom stereocenters. The quantitative estimate of drug-likeness (QED) is 0.477. The standard InChI is InChI=1S/C16H26O3Si/c1-5-15-10-8-11-16(14-15)17-12-9-13-20(4,18-6-2)19-7-3/h5,8,10-11,14H,1,6-7,9,12-13H2,2-4H3. The lowest BCUT2D eigenvalue weighted by Crippen LogP contribution is -2.38. The first-order valence-electron chi connectivity index (χ1n) is 7.26. The topological polar surface area (TPSA) is 27.7 Å². The summed E-state index contributed by atoms with van der Waals surface area (Å²) in [5.74, 6) is 0.888. The van der Waals surface area contributed by atoms with Crippen LogP contribution in [0.3, 0.4) is 0 Å². The lowest BCUT2D eigenvalue weighted by atomic mass is 10.2. The molecule has 0 N–H and O–H groups in total. The normalized spacial score (nSPS) is 11.3. The van der Waals surface area contributed by atoms with Gasteiger partial charge in [-0.2, -0.15) is 0 Å². The van der Waals surface area contributed by atoms with Gasteiger partial charge in [0.05, 0.1) is 6.61 Å². The number of hydrogen-bond donors (Lipinski definition) is 0. The molecule has 3 nitrogen and oxygen atoms in total. The van der Waals surface area contributed by atoms with E-state index in [0.29, 0.717) is 19.8 Å². The molecule has 20 heavy (non-hydrogen) atoms. The molecule has 0 amide bonds. The molecule has 0 fully saturated rings. The fourth-order valence-corrected chi connectivity index (χ4v) is 4.49.